The molecule has 1 fully saturated rings. The molecular weight excluding hydrogens is 383 g/mol. The van der Waals surface area contributed by atoms with E-state index < -0.39 is 10.0 Å². The summed E-state index contributed by atoms with van der Waals surface area (Å²) < 4.78 is 45.1. The van der Waals surface area contributed by atoms with Gasteiger partial charge in [-0.2, -0.15) is 4.31 Å². The largest absolute Gasteiger partial charge is 0.379 e. The second kappa shape index (κ2) is 8.81. The van der Waals surface area contributed by atoms with Gasteiger partial charge >= 0.3 is 0 Å². The van der Waals surface area contributed by atoms with Gasteiger partial charge in [0, 0.05) is 32.2 Å². The number of morpholine rings is 1. The number of rotatable bonds is 6. The van der Waals surface area contributed by atoms with Crippen LogP contribution >= 0.6 is 0 Å². The third kappa shape index (κ3) is 4.76. The molecule has 0 radical (unpaired) electrons. The number of carbonyl (C=O) groups is 1. The van der Waals surface area contributed by atoms with Gasteiger partial charge in [-0.1, -0.05) is 18.2 Å². The first-order chi connectivity index (χ1) is 13.4. The zero-order valence-corrected chi connectivity index (χ0v) is 16.5. The molecule has 0 aromatic heterocycles. The zero-order chi connectivity index (χ0) is 20.1. The normalized spacial score (nSPS) is 15.4. The van der Waals surface area contributed by atoms with E-state index in [1.165, 1.54) is 33.5 Å². The predicted octanol–water partition coefficient (Wildman–Crippen LogP) is 2.16. The van der Waals surface area contributed by atoms with Crippen LogP contribution < -0.4 is 0 Å². The molecular formula is C20H23FN2O4S. The first-order valence-electron chi connectivity index (χ1n) is 9.06. The number of carbonyl (C=O) groups excluding carboxylic acids is 1. The summed E-state index contributed by atoms with van der Waals surface area (Å²) in [6, 6.07) is 12.2. The summed E-state index contributed by atoms with van der Waals surface area (Å²) in [5.41, 5.74) is 1.24. The van der Waals surface area contributed by atoms with Crippen LogP contribution in [0.15, 0.2) is 53.4 Å². The molecule has 1 aliphatic rings. The number of benzene rings is 2. The van der Waals surface area contributed by atoms with E-state index in [0.717, 1.165) is 5.56 Å². The second-order valence-electron chi connectivity index (χ2n) is 6.65. The van der Waals surface area contributed by atoms with E-state index in [9.17, 15) is 17.6 Å². The van der Waals surface area contributed by atoms with Crippen LogP contribution in [0.4, 0.5) is 4.39 Å². The predicted molar refractivity (Wildman–Crippen MR) is 103 cm³/mol. The van der Waals surface area contributed by atoms with Crippen LogP contribution in [0.2, 0.25) is 0 Å². The maximum atomic E-state index is 13.0. The Morgan fingerprint density at radius 1 is 1.14 bits per heavy atom. The van der Waals surface area contributed by atoms with Crippen molar-refractivity contribution in [3.8, 4) is 0 Å². The highest BCUT2D eigenvalue weighted by atomic mass is 32.2. The lowest BCUT2D eigenvalue weighted by atomic mass is 10.1. The van der Waals surface area contributed by atoms with Crippen molar-refractivity contribution < 1.29 is 22.3 Å². The van der Waals surface area contributed by atoms with E-state index >= 15 is 0 Å². The standard InChI is InChI=1S/C20H23FN2O4S/c1-22(10-9-16-5-7-18(21)8-6-16)20(24)17-3-2-4-19(15-17)28(25,26)23-11-13-27-14-12-23/h2-8,15H,9-14H2,1H3. The molecule has 0 saturated carbocycles. The van der Waals surface area contributed by atoms with E-state index in [1.807, 2.05) is 0 Å². The smallest absolute Gasteiger partial charge is 0.253 e. The Morgan fingerprint density at radius 2 is 1.82 bits per heavy atom. The van der Waals surface area contributed by atoms with Crippen LogP contribution in [0.25, 0.3) is 0 Å². The number of hydrogen-bond donors (Lipinski definition) is 0. The number of hydrogen-bond acceptors (Lipinski definition) is 4. The fourth-order valence-electron chi connectivity index (χ4n) is 3.00. The summed E-state index contributed by atoms with van der Waals surface area (Å²) in [4.78, 5) is 14.3. The van der Waals surface area contributed by atoms with Gasteiger partial charge in [-0.25, -0.2) is 12.8 Å². The third-order valence-electron chi connectivity index (χ3n) is 4.68. The first-order valence-corrected chi connectivity index (χ1v) is 10.5. The summed E-state index contributed by atoms with van der Waals surface area (Å²) in [5, 5.41) is 0. The van der Waals surface area contributed by atoms with Crippen molar-refractivity contribution in [1.82, 2.24) is 9.21 Å². The Morgan fingerprint density at radius 3 is 2.50 bits per heavy atom. The molecule has 0 unspecified atom stereocenters. The summed E-state index contributed by atoms with van der Waals surface area (Å²) in [7, 11) is -1.99. The Balaban J connectivity index is 1.69. The fraction of sp³-hybridized carbons (Fsp3) is 0.350. The molecule has 0 aliphatic carbocycles. The van der Waals surface area contributed by atoms with Gasteiger partial charge in [0.25, 0.3) is 5.91 Å². The minimum atomic E-state index is -3.66. The van der Waals surface area contributed by atoms with Crippen LogP contribution in [0.3, 0.4) is 0 Å². The molecule has 3 rings (SSSR count). The van der Waals surface area contributed by atoms with E-state index in [1.54, 1.807) is 31.3 Å². The molecule has 1 amide bonds. The van der Waals surface area contributed by atoms with Crippen LogP contribution in [-0.4, -0.2) is 63.4 Å². The average molecular weight is 406 g/mol. The number of nitrogens with zero attached hydrogens (tertiary/aromatic N) is 2. The van der Waals surface area contributed by atoms with Gasteiger partial charge in [0.05, 0.1) is 18.1 Å². The molecule has 1 heterocycles. The quantitative estimate of drug-likeness (QED) is 0.737. The third-order valence-corrected chi connectivity index (χ3v) is 6.58. The maximum Gasteiger partial charge on any atom is 0.253 e. The number of halogens is 1. The zero-order valence-electron chi connectivity index (χ0n) is 15.7. The topological polar surface area (TPSA) is 66.9 Å². The van der Waals surface area contributed by atoms with Crippen molar-refractivity contribution in [2.24, 2.45) is 0 Å². The molecule has 2 aromatic rings. The minimum Gasteiger partial charge on any atom is -0.379 e. The fourth-order valence-corrected chi connectivity index (χ4v) is 4.45. The van der Waals surface area contributed by atoms with Gasteiger partial charge in [-0.3, -0.25) is 4.79 Å². The Hall–Kier alpha value is -2.29. The van der Waals surface area contributed by atoms with Crippen molar-refractivity contribution in [2.45, 2.75) is 11.3 Å². The molecule has 28 heavy (non-hydrogen) atoms. The van der Waals surface area contributed by atoms with E-state index in [2.05, 4.69) is 0 Å². The lowest BCUT2D eigenvalue weighted by Crippen LogP contribution is -2.40. The Kier molecular flexibility index (Phi) is 6.43. The molecule has 0 spiro atoms. The number of ether oxygens (including phenoxy) is 1. The number of sulfonamides is 1. The second-order valence-corrected chi connectivity index (χ2v) is 8.59. The molecule has 0 atom stereocenters. The molecule has 0 bridgehead atoms. The average Bonchev–Trinajstić information content (AvgIpc) is 2.73. The van der Waals surface area contributed by atoms with Gasteiger partial charge in [-0.15, -0.1) is 0 Å². The monoisotopic (exact) mass is 406 g/mol. The van der Waals surface area contributed by atoms with Crippen molar-refractivity contribution in [1.29, 1.82) is 0 Å². The highest BCUT2D eigenvalue weighted by Gasteiger charge is 2.27. The molecule has 6 nitrogen and oxygen atoms in total. The summed E-state index contributed by atoms with van der Waals surface area (Å²) in [6.45, 7) is 1.77. The van der Waals surface area contributed by atoms with Crippen molar-refractivity contribution in [3.63, 3.8) is 0 Å². The minimum absolute atomic E-state index is 0.104. The summed E-state index contributed by atoms with van der Waals surface area (Å²) in [6.07, 6.45) is 0.578. The highest BCUT2D eigenvalue weighted by molar-refractivity contribution is 7.89. The van der Waals surface area contributed by atoms with E-state index in [-0.39, 0.29) is 16.6 Å². The van der Waals surface area contributed by atoms with Crippen molar-refractivity contribution >= 4 is 15.9 Å². The van der Waals surface area contributed by atoms with Gasteiger partial charge in [0.1, 0.15) is 5.82 Å². The lowest BCUT2D eigenvalue weighted by Gasteiger charge is -2.26. The van der Waals surface area contributed by atoms with E-state index in [4.69, 9.17) is 4.74 Å². The molecule has 0 N–H and O–H groups in total. The van der Waals surface area contributed by atoms with Crippen molar-refractivity contribution in [3.05, 3.63) is 65.5 Å². The van der Waals surface area contributed by atoms with Gasteiger partial charge in [0.2, 0.25) is 10.0 Å². The van der Waals surface area contributed by atoms with Gasteiger partial charge in [0.15, 0.2) is 0 Å². The van der Waals surface area contributed by atoms with Crippen LogP contribution in [0.5, 0.6) is 0 Å². The number of amides is 1. The lowest BCUT2D eigenvalue weighted by molar-refractivity contribution is 0.0730. The van der Waals surface area contributed by atoms with Crippen LogP contribution in [0.1, 0.15) is 15.9 Å². The summed E-state index contributed by atoms with van der Waals surface area (Å²) >= 11 is 0. The SMILES string of the molecule is CN(CCc1ccc(F)cc1)C(=O)c1cccc(S(=O)(=O)N2CCOCC2)c1. The molecule has 150 valence electrons. The number of likely N-dealkylation sites (N-methyl/N-ethyl adjacent to an activating group) is 1. The maximum absolute atomic E-state index is 13.0. The highest BCUT2D eigenvalue weighted by Crippen LogP contribution is 2.19. The van der Waals surface area contributed by atoms with Crippen LogP contribution in [-0.2, 0) is 21.2 Å². The molecule has 2 aromatic carbocycles. The Bertz CT molecular complexity index is 925. The molecule has 8 heteroatoms. The van der Waals surface area contributed by atoms with Gasteiger partial charge in [-0.05, 0) is 42.3 Å². The first kappa shape index (κ1) is 20.4. The van der Waals surface area contributed by atoms with Gasteiger partial charge < -0.3 is 9.64 Å². The van der Waals surface area contributed by atoms with Crippen molar-refractivity contribution in [2.75, 3.05) is 39.9 Å². The Labute approximate surface area is 164 Å². The van der Waals surface area contributed by atoms with E-state index in [0.29, 0.717) is 44.8 Å². The van der Waals surface area contributed by atoms with Crippen LogP contribution in [0, 0.1) is 5.82 Å². The summed E-state index contributed by atoms with van der Waals surface area (Å²) in [5.74, 6) is -0.562. The molecule has 1 saturated heterocycles. The molecule has 1 aliphatic heterocycles.